The lowest BCUT2D eigenvalue weighted by Crippen LogP contribution is -2.56. The van der Waals surface area contributed by atoms with Crippen molar-refractivity contribution in [2.75, 3.05) is 46.4 Å². The number of likely N-dealkylation sites (N-methyl/N-ethyl adjacent to an activating group) is 1. The number of nitrogens with one attached hydrogen (secondary N) is 4. The molecule has 0 saturated carbocycles. The summed E-state index contributed by atoms with van der Waals surface area (Å²) in [5, 5.41) is 19.9. The molecule has 3 aromatic carbocycles. The molecule has 4 aromatic rings. The van der Waals surface area contributed by atoms with Crippen molar-refractivity contribution >= 4 is 35.6 Å². The molecule has 0 fully saturated rings. The van der Waals surface area contributed by atoms with Crippen molar-refractivity contribution in [3.05, 3.63) is 100 Å². The number of rotatable bonds is 17. The topological polar surface area (TPSA) is 283 Å². The van der Waals surface area contributed by atoms with Crippen LogP contribution in [0.25, 0.3) is 28.6 Å². The second-order valence-corrected chi connectivity index (χ2v) is 15.7. The molecule has 10 N–H and O–H groups in total. The summed E-state index contributed by atoms with van der Waals surface area (Å²) in [5.74, 6) is -2.15. The van der Waals surface area contributed by atoms with Gasteiger partial charge in [0.25, 0.3) is 5.91 Å². The normalized spacial score (nSPS) is 16.5. The van der Waals surface area contributed by atoms with Gasteiger partial charge in [0.05, 0.1) is 23.0 Å². The van der Waals surface area contributed by atoms with E-state index < -0.39 is 53.7 Å². The van der Waals surface area contributed by atoms with Gasteiger partial charge in [-0.1, -0.05) is 55.5 Å². The van der Waals surface area contributed by atoms with Gasteiger partial charge in [-0.2, -0.15) is 5.26 Å². The molecule has 1 aliphatic rings. The summed E-state index contributed by atoms with van der Waals surface area (Å²) in [6, 6.07) is 14.8. The van der Waals surface area contributed by atoms with E-state index in [1.54, 1.807) is 50.2 Å². The molecule has 18 nitrogen and oxygen atoms in total. The van der Waals surface area contributed by atoms with Crippen molar-refractivity contribution < 1.29 is 33.4 Å². The van der Waals surface area contributed by atoms with Gasteiger partial charge in [0.15, 0.2) is 5.82 Å². The maximum absolute atomic E-state index is 14.7. The lowest BCUT2D eigenvalue weighted by Gasteiger charge is -2.32. The number of allylic oxidation sites excluding steroid dienone is 1. The van der Waals surface area contributed by atoms with Crippen molar-refractivity contribution in [3.63, 3.8) is 0 Å². The molecule has 5 amide bonds. The van der Waals surface area contributed by atoms with Gasteiger partial charge >= 0.3 is 0 Å². The minimum atomic E-state index is -1.41. The zero-order chi connectivity index (χ0) is 47.9. The number of benzene rings is 3. The number of aryl methyl sites for hydroxylation is 2. The van der Waals surface area contributed by atoms with Crippen LogP contribution in [0.3, 0.4) is 0 Å². The number of nitrogens with two attached hydrogens (primary N) is 3. The molecule has 5 rings (SSSR count). The van der Waals surface area contributed by atoms with Crippen LogP contribution < -0.4 is 47.9 Å². The maximum atomic E-state index is 14.7. The first-order valence-corrected chi connectivity index (χ1v) is 21.8. The lowest BCUT2D eigenvalue weighted by atomic mass is 9.93. The average Bonchev–Trinajstić information content (AvgIpc) is 3.30. The number of hydrogen-bond acceptors (Lipinski definition) is 13. The Labute approximate surface area is 384 Å². The van der Waals surface area contributed by atoms with E-state index in [1.807, 2.05) is 36.4 Å². The molecule has 1 unspecified atom stereocenters. The quantitative estimate of drug-likeness (QED) is 0.0751. The number of carbonyl (C=O) groups excluding carboxylic acids is 5. The highest BCUT2D eigenvalue weighted by Gasteiger charge is 2.36. The number of amides is 5. The molecule has 1 aliphatic heterocycles. The van der Waals surface area contributed by atoms with Gasteiger partial charge in [-0.15, -0.1) is 0 Å². The Kier molecular flexibility index (Phi) is 17.8. The monoisotopic (exact) mass is 901 g/mol. The van der Waals surface area contributed by atoms with E-state index in [0.717, 1.165) is 17.5 Å². The summed E-state index contributed by atoms with van der Waals surface area (Å²) in [6.45, 7) is 7.24. The molecular weight excluding hydrogens is 843 g/mol. The van der Waals surface area contributed by atoms with E-state index in [0.29, 0.717) is 51.0 Å². The van der Waals surface area contributed by atoms with Gasteiger partial charge in [-0.05, 0) is 81.1 Å². The molecule has 18 heteroatoms. The highest BCUT2D eigenvalue weighted by molar-refractivity contribution is 6.00. The SMILES string of the molecule is CC/C=C/c1ccc(-c2nc(C)c(C(=O)NC(CCN)C(=O)N(C)[C@@H]3C(=O)N[C@@H](C)C(=O)N[C@H](C(=O)NCC#N)Cc4ccc(OCCN)c(c4)-c4cc3ccc4OCCN)c(C)n2)cc1. The van der Waals surface area contributed by atoms with Gasteiger partial charge in [0.2, 0.25) is 23.6 Å². The zero-order valence-corrected chi connectivity index (χ0v) is 38.0. The first-order chi connectivity index (χ1) is 31.7. The third-order valence-corrected chi connectivity index (χ3v) is 10.8. The van der Waals surface area contributed by atoms with Crippen LogP contribution in [0.4, 0.5) is 0 Å². The average molecular weight is 902 g/mol. The molecule has 1 aromatic heterocycles. The van der Waals surface area contributed by atoms with Crippen LogP contribution >= 0.6 is 0 Å². The standard InChI is InChI=1S/C48H59N11O7/c1-6-7-8-31-9-12-33(13-10-31)43-54-28(2)41(29(3)55-43)46(62)57-37(17-18-49)48(64)59(5)42-34-14-16-40(66-24-21-52)36(27-34)35-25-32(11-15-39(35)65-23-20-51)26-38(45(61)53-22-19-50)58-44(60)30(4)56-47(42)63/h7-16,25,27,30,37-38,42H,6,17-18,20-24,26,49,51-52H2,1-5H3,(H,53,61)(H,56,63)(H,57,62)(H,58,60)/b8-7+/t30-,37?,38-,42-/m0/s1. The summed E-state index contributed by atoms with van der Waals surface area (Å²) in [4.78, 5) is 81.0. The molecule has 0 saturated heterocycles. The first-order valence-electron chi connectivity index (χ1n) is 21.8. The molecule has 0 spiro atoms. The number of hydrogen-bond donors (Lipinski definition) is 7. The lowest BCUT2D eigenvalue weighted by molar-refractivity contribution is -0.141. The Balaban J connectivity index is 1.56. The number of fused-ring (bicyclic) bond motifs is 5. The summed E-state index contributed by atoms with van der Waals surface area (Å²) >= 11 is 0. The van der Waals surface area contributed by atoms with E-state index in [2.05, 4.69) is 44.2 Å². The largest absolute Gasteiger partial charge is 0.492 e. The molecule has 4 atom stereocenters. The van der Waals surface area contributed by atoms with Gasteiger partial charge in [0.1, 0.15) is 55.4 Å². The van der Waals surface area contributed by atoms with E-state index >= 15 is 0 Å². The third-order valence-electron chi connectivity index (χ3n) is 10.8. The van der Waals surface area contributed by atoms with Crippen LogP contribution in [0, 0.1) is 25.2 Å². The highest BCUT2D eigenvalue weighted by atomic mass is 16.5. The zero-order valence-electron chi connectivity index (χ0n) is 38.0. The molecule has 4 bridgehead atoms. The molecule has 0 aliphatic carbocycles. The predicted octanol–water partition coefficient (Wildman–Crippen LogP) is 2.36. The minimum absolute atomic E-state index is 0.000933. The van der Waals surface area contributed by atoms with Crippen molar-refractivity contribution in [3.8, 4) is 40.1 Å². The molecule has 66 heavy (non-hydrogen) atoms. The second kappa shape index (κ2) is 23.6. The highest BCUT2D eigenvalue weighted by Crippen LogP contribution is 2.40. The Hall–Kier alpha value is -7.20. The minimum Gasteiger partial charge on any atom is -0.492 e. The van der Waals surface area contributed by atoms with E-state index in [4.69, 9.17) is 31.9 Å². The van der Waals surface area contributed by atoms with Gasteiger partial charge < -0.3 is 52.8 Å². The second-order valence-electron chi connectivity index (χ2n) is 15.7. The van der Waals surface area contributed by atoms with Crippen LogP contribution in [0.5, 0.6) is 11.5 Å². The number of ether oxygens (including phenoxy) is 2. The molecular formula is C48H59N11O7. The fraction of sp³-hybridized carbons (Fsp3) is 0.375. The molecule has 0 radical (unpaired) electrons. The summed E-state index contributed by atoms with van der Waals surface area (Å²) < 4.78 is 12.2. The van der Waals surface area contributed by atoms with Crippen LogP contribution in [0.15, 0.2) is 66.7 Å². The van der Waals surface area contributed by atoms with E-state index in [1.165, 1.54) is 18.9 Å². The first kappa shape index (κ1) is 49.8. The Morgan fingerprint density at radius 1 is 0.909 bits per heavy atom. The van der Waals surface area contributed by atoms with Crippen LogP contribution in [0.2, 0.25) is 0 Å². The van der Waals surface area contributed by atoms with Crippen molar-refractivity contribution in [2.45, 2.75) is 71.1 Å². The summed E-state index contributed by atoms with van der Waals surface area (Å²) in [6.07, 6.45) is 5.00. The Morgan fingerprint density at radius 3 is 2.15 bits per heavy atom. The Morgan fingerprint density at radius 2 is 1.55 bits per heavy atom. The van der Waals surface area contributed by atoms with Crippen LogP contribution in [0.1, 0.15) is 71.2 Å². The number of aromatic nitrogens is 2. The Bertz CT molecular complexity index is 2450. The van der Waals surface area contributed by atoms with Gasteiger partial charge in [-0.25, -0.2) is 9.97 Å². The smallest absolute Gasteiger partial charge is 0.255 e. The van der Waals surface area contributed by atoms with Gasteiger partial charge in [0, 0.05) is 43.2 Å². The fourth-order valence-corrected chi connectivity index (χ4v) is 7.53. The third kappa shape index (κ3) is 12.3. The number of nitrogens with zero attached hydrogens (tertiary/aromatic N) is 4. The number of nitriles is 1. The number of carbonyl (C=O) groups is 5. The van der Waals surface area contributed by atoms with Crippen LogP contribution in [-0.4, -0.2) is 109 Å². The van der Waals surface area contributed by atoms with Crippen molar-refractivity contribution in [1.29, 1.82) is 5.26 Å². The van der Waals surface area contributed by atoms with E-state index in [-0.39, 0.29) is 57.8 Å². The fourth-order valence-electron chi connectivity index (χ4n) is 7.53. The predicted molar refractivity (Wildman–Crippen MR) is 250 cm³/mol. The van der Waals surface area contributed by atoms with Crippen molar-refractivity contribution in [1.82, 2.24) is 36.1 Å². The van der Waals surface area contributed by atoms with Crippen LogP contribution in [-0.2, 0) is 25.6 Å². The molecule has 2 heterocycles. The van der Waals surface area contributed by atoms with Gasteiger partial charge in [-0.3, -0.25) is 24.0 Å². The van der Waals surface area contributed by atoms with E-state index in [9.17, 15) is 24.0 Å². The van der Waals surface area contributed by atoms with Crippen molar-refractivity contribution in [2.24, 2.45) is 17.2 Å². The maximum Gasteiger partial charge on any atom is 0.255 e. The molecule has 348 valence electrons. The summed E-state index contributed by atoms with van der Waals surface area (Å²) in [5.41, 5.74) is 22.3. The summed E-state index contributed by atoms with van der Waals surface area (Å²) in [7, 11) is 1.42.